The molecule has 5 nitrogen and oxygen atoms in total. The van der Waals surface area contributed by atoms with Crippen LogP contribution < -0.4 is 10.2 Å². The van der Waals surface area contributed by atoms with Crippen molar-refractivity contribution in [3.63, 3.8) is 0 Å². The van der Waals surface area contributed by atoms with E-state index in [9.17, 15) is 4.79 Å². The summed E-state index contributed by atoms with van der Waals surface area (Å²) < 4.78 is 4.50. The van der Waals surface area contributed by atoms with E-state index >= 15 is 0 Å². The molecule has 0 atom stereocenters. The van der Waals surface area contributed by atoms with Crippen LogP contribution in [0.5, 0.6) is 0 Å². The molecule has 0 spiro atoms. The van der Waals surface area contributed by atoms with Gasteiger partial charge in [0.1, 0.15) is 5.82 Å². The number of ether oxygens (including phenoxy) is 1. The molecule has 1 aromatic heterocycles. The van der Waals surface area contributed by atoms with Gasteiger partial charge in [-0.2, -0.15) is 0 Å². The summed E-state index contributed by atoms with van der Waals surface area (Å²) in [5, 5.41) is 3.28. The van der Waals surface area contributed by atoms with Crippen molar-refractivity contribution in [2.24, 2.45) is 0 Å². The molecule has 0 unspecified atom stereocenters. The van der Waals surface area contributed by atoms with Gasteiger partial charge in [0, 0.05) is 38.3 Å². The number of nitrogens with one attached hydrogen (secondary N) is 1. The van der Waals surface area contributed by atoms with Crippen LogP contribution in [0.2, 0.25) is 0 Å². The molecule has 0 aromatic carbocycles. The van der Waals surface area contributed by atoms with E-state index in [1.807, 2.05) is 12.1 Å². The normalized spacial score (nSPS) is 14.6. The third-order valence-corrected chi connectivity index (χ3v) is 2.69. The highest BCUT2D eigenvalue weighted by molar-refractivity contribution is 5.89. The molecule has 0 aliphatic carbocycles. The van der Waals surface area contributed by atoms with Crippen LogP contribution in [0.1, 0.15) is 5.56 Å². The van der Waals surface area contributed by atoms with Crippen LogP contribution in [0.25, 0.3) is 0 Å². The summed E-state index contributed by atoms with van der Waals surface area (Å²) in [6.45, 7) is 3.65. The van der Waals surface area contributed by atoms with Gasteiger partial charge in [0.05, 0.1) is 12.7 Å². The minimum absolute atomic E-state index is 0.537. The van der Waals surface area contributed by atoms with Gasteiger partial charge in [0.2, 0.25) is 0 Å². The predicted octanol–water partition coefficient (Wildman–Crippen LogP) is 0.0157. The number of methoxy groups -OCH3 is 1. The van der Waals surface area contributed by atoms with E-state index in [0.29, 0.717) is 0 Å². The van der Waals surface area contributed by atoms with Crippen molar-refractivity contribution in [3.8, 4) is 11.8 Å². The molecule has 0 saturated carbocycles. The van der Waals surface area contributed by atoms with Crippen molar-refractivity contribution in [1.29, 1.82) is 0 Å². The third kappa shape index (κ3) is 2.99. The van der Waals surface area contributed by atoms with Crippen molar-refractivity contribution in [1.82, 2.24) is 10.3 Å². The molecule has 18 heavy (non-hydrogen) atoms. The number of carbonyl (C=O) groups excluding carboxylic acids is 1. The Balaban J connectivity index is 2.23. The van der Waals surface area contributed by atoms with Crippen molar-refractivity contribution < 1.29 is 9.53 Å². The maximum atomic E-state index is 11.0. The molecule has 94 valence electrons. The van der Waals surface area contributed by atoms with Gasteiger partial charge in [-0.3, -0.25) is 0 Å². The van der Waals surface area contributed by atoms with Gasteiger partial charge >= 0.3 is 5.97 Å². The number of carbonyl (C=O) groups is 1. The molecule has 0 radical (unpaired) electrons. The highest BCUT2D eigenvalue weighted by Gasteiger charge is 2.14. The average Bonchev–Trinajstić information content (AvgIpc) is 2.46. The summed E-state index contributed by atoms with van der Waals surface area (Å²) in [4.78, 5) is 17.5. The van der Waals surface area contributed by atoms with E-state index in [2.05, 4.69) is 31.8 Å². The molecule has 1 aliphatic rings. The fourth-order valence-corrected chi connectivity index (χ4v) is 1.79. The lowest BCUT2D eigenvalue weighted by atomic mass is 10.2. The maximum Gasteiger partial charge on any atom is 0.384 e. The van der Waals surface area contributed by atoms with Crippen LogP contribution in [0.4, 0.5) is 5.82 Å². The number of esters is 1. The van der Waals surface area contributed by atoms with Gasteiger partial charge in [0.15, 0.2) is 0 Å². The predicted molar refractivity (Wildman–Crippen MR) is 68.2 cm³/mol. The highest BCUT2D eigenvalue weighted by Crippen LogP contribution is 2.16. The zero-order valence-corrected chi connectivity index (χ0v) is 10.3. The molecular weight excluding hydrogens is 230 g/mol. The fraction of sp³-hybridized carbons (Fsp3) is 0.385. The largest absolute Gasteiger partial charge is 0.459 e. The summed E-state index contributed by atoms with van der Waals surface area (Å²) >= 11 is 0. The Labute approximate surface area is 106 Å². The molecule has 1 N–H and O–H groups in total. The molecule has 1 aliphatic heterocycles. The number of anilines is 1. The van der Waals surface area contributed by atoms with Crippen LogP contribution >= 0.6 is 0 Å². The number of aromatic nitrogens is 1. The Morgan fingerprint density at radius 3 is 3.00 bits per heavy atom. The first-order valence-corrected chi connectivity index (χ1v) is 5.82. The van der Waals surface area contributed by atoms with Gasteiger partial charge in [-0.05, 0) is 12.1 Å². The van der Waals surface area contributed by atoms with Gasteiger partial charge < -0.3 is 15.0 Å². The number of rotatable bonds is 1. The topological polar surface area (TPSA) is 54.5 Å². The molecule has 1 fully saturated rings. The summed E-state index contributed by atoms with van der Waals surface area (Å²) in [6.07, 6.45) is 1.74. The third-order valence-electron chi connectivity index (χ3n) is 2.69. The summed E-state index contributed by atoms with van der Waals surface area (Å²) in [5.74, 6) is 5.54. The lowest BCUT2D eigenvalue weighted by Gasteiger charge is -2.29. The molecule has 0 bridgehead atoms. The fourth-order valence-electron chi connectivity index (χ4n) is 1.79. The monoisotopic (exact) mass is 245 g/mol. The van der Waals surface area contributed by atoms with E-state index in [0.717, 1.165) is 37.6 Å². The zero-order valence-electron chi connectivity index (χ0n) is 10.3. The van der Waals surface area contributed by atoms with Crippen LogP contribution in [-0.4, -0.2) is 44.2 Å². The average molecular weight is 245 g/mol. The van der Waals surface area contributed by atoms with E-state index in [1.54, 1.807) is 6.20 Å². The number of hydrogen-bond acceptors (Lipinski definition) is 5. The SMILES string of the molecule is COC(=O)C#Cc1cccnc1N1CCNCC1. The van der Waals surface area contributed by atoms with Crippen molar-refractivity contribution in [2.45, 2.75) is 0 Å². The van der Waals surface area contributed by atoms with Crippen molar-refractivity contribution in [2.75, 3.05) is 38.2 Å². The standard InChI is InChI=1S/C13H15N3O2/c1-18-12(17)5-4-11-3-2-6-15-13(11)16-9-7-14-8-10-16/h2-3,6,14H,7-10H2,1H3. The van der Waals surface area contributed by atoms with Crippen LogP contribution in [0.15, 0.2) is 18.3 Å². The van der Waals surface area contributed by atoms with Crippen LogP contribution in [-0.2, 0) is 9.53 Å². The molecule has 0 amide bonds. The van der Waals surface area contributed by atoms with Gasteiger partial charge in [-0.1, -0.05) is 5.92 Å². The zero-order chi connectivity index (χ0) is 12.8. The minimum Gasteiger partial charge on any atom is -0.459 e. The second-order valence-corrected chi connectivity index (χ2v) is 3.85. The Morgan fingerprint density at radius 1 is 1.50 bits per heavy atom. The minimum atomic E-state index is -0.537. The summed E-state index contributed by atoms with van der Waals surface area (Å²) in [6, 6.07) is 3.67. The van der Waals surface area contributed by atoms with E-state index in [4.69, 9.17) is 0 Å². The molecule has 5 heteroatoms. The second-order valence-electron chi connectivity index (χ2n) is 3.85. The number of piperazine rings is 1. The first kappa shape index (κ1) is 12.4. The van der Waals surface area contributed by atoms with E-state index in [-0.39, 0.29) is 0 Å². The number of nitrogens with zero attached hydrogens (tertiary/aromatic N) is 2. The molecule has 1 aromatic rings. The Kier molecular flexibility index (Phi) is 4.15. The number of pyridine rings is 1. The Morgan fingerprint density at radius 2 is 2.28 bits per heavy atom. The van der Waals surface area contributed by atoms with Crippen LogP contribution in [0, 0.1) is 11.8 Å². The molecule has 1 saturated heterocycles. The van der Waals surface area contributed by atoms with Crippen LogP contribution in [0.3, 0.4) is 0 Å². The summed E-state index contributed by atoms with van der Waals surface area (Å²) in [7, 11) is 1.32. The van der Waals surface area contributed by atoms with Gasteiger partial charge in [0.25, 0.3) is 0 Å². The Bertz CT molecular complexity index is 484. The van der Waals surface area contributed by atoms with Crippen molar-refractivity contribution in [3.05, 3.63) is 23.9 Å². The quantitative estimate of drug-likeness (QED) is 0.558. The Hall–Kier alpha value is -2.06. The maximum absolute atomic E-state index is 11.0. The van der Waals surface area contributed by atoms with E-state index in [1.165, 1.54) is 7.11 Å². The smallest absolute Gasteiger partial charge is 0.384 e. The van der Waals surface area contributed by atoms with Gasteiger partial charge in [-0.15, -0.1) is 0 Å². The first-order chi connectivity index (χ1) is 8.81. The lowest BCUT2D eigenvalue weighted by molar-refractivity contribution is -0.133. The molecular formula is C13H15N3O2. The second kappa shape index (κ2) is 6.03. The molecule has 2 rings (SSSR count). The number of hydrogen-bond donors (Lipinski definition) is 1. The highest BCUT2D eigenvalue weighted by atomic mass is 16.5. The lowest BCUT2D eigenvalue weighted by Crippen LogP contribution is -2.44. The molecule has 2 heterocycles. The first-order valence-electron chi connectivity index (χ1n) is 5.82. The summed E-state index contributed by atoms with van der Waals surface area (Å²) in [5.41, 5.74) is 0.754. The van der Waals surface area contributed by atoms with E-state index < -0.39 is 5.97 Å². The van der Waals surface area contributed by atoms with Crippen molar-refractivity contribution >= 4 is 11.8 Å². The van der Waals surface area contributed by atoms with Gasteiger partial charge in [-0.25, -0.2) is 9.78 Å².